The zero-order valence-electron chi connectivity index (χ0n) is 29.4. The number of alkyl halides is 3. The number of carbonyl (C=O) groups excluding carboxylic acids is 2. The Bertz CT molecular complexity index is 1860. The molecule has 4 aromatic rings. The van der Waals surface area contributed by atoms with Gasteiger partial charge in [-0.1, -0.05) is 54.6 Å². The molecule has 1 aliphatic rings. The van der Waals surface area contributed by atoms with Gasteiger partial charge in [-0.05, 0) is 47.0 Å². The number of nitrogens with one attached hydrogen (secondary N) is 2. The zero-order chi connectivity index (χ0) is 38.9. The maximum atomic E-state index is 13.2. The molecule has 3 N–H and O–H groups in total. The maximum absolute atomic E-state index is 13.2. The Morgan fingerprint density at radius 1 is 0.907 bits per heavy atom. The lowest BCUT2D eigenvalue weighted by atomic mass is 9.80. The number of hydrogen-bond donors (Lipinski definition) is 3. The molecule has 1 fully saturated rings. The highest BCUT2D eigenvalue weighted by molar-refractivity contribution is 5.87. The summed E-state index contributed by atoms with van der Waals surface area (Å²) >= 11 is 0. The van der Waals surface area contributed by atoms with Gasteiger partial charge in [0.1, 0.15) is 48.0 Å². The first kappa shape index (κ1) is 39.9. The fraction of sp³-hybridized carbons (Fsp3) is 0.351. The molecule has 0 unspecified atom stereocenters. The molecule has 0 saturated carbocycles. The number of aliphatic hydroxyl groups is 1. The van der Waals surface area contributed by atoms with Crippen molar-refractivity contribution < 1.29 is 56.3 Å². The molecule has 14 nitrogen and oxygen atoms in total. The van der Waals surface area contributed by atoms with Crippen LogP contribution in [0, 0.1) is 0 Å². The van der Waals surface area contributed by atoms with Gasteiger partial charge in [0.2, 0.25) is 5.91 Å². The second-order valence-corrected chi connectivity index (χ2v) is 12.0. The average Bonchev–Trinajstić information content (AvgIpc) is 3.47. The fourth-order valence-electron chi connectivity index (χ4n) is 5.92. The standard InChI is InChI=1S/C37H39F3N4O10/c1-23(45)42-30-17-19-44(35(48)43-30)33-32(52-22-51-20-18-41-34(47)37(38,39)40)31(46)29(54-33)21-53-36(24-7-5-4-6-8-24,25-9-13-27(49-2)14-10-25)26-11-15-28(50-3)16-12-26/h4-17,19,29,31-33,46H,18,20-22H2,1-3H3,(H,41,47)(H,42,43,45,48)/t29-,31-,32-,33-/m1/s1. The monoisotopic (exact) mass is 756 g/mol. The minimum atomic E-state index is -5.05. The quantitative estimate of drug-likeness (QED) is 0.0870. The van der Waals surface area contributed by atoms with Crippen LogP contribution in [0.15, 0.2) is 95.9 Å². The van der Waals surface area contributed by atoms with E-state index in [4.69, 9.17) is 28.4 Å². The highest BCUT2D eigenvalue weighted by atomic mass is 19.4. The van der Waals surface area contributed by atoms with Gasteiger partial charge in [0.05, 0.1) is 27.4 Å². The molecular weight excluding hydrogens is 717 g/mol. The molecular formula is C37H39F3N4O10. The predicted molar refractivity (Wildman–Crippen MR) is 186 cm³/mol. The molecule has 4 atom stereocenters. The number of halogens is 3. The predicted octanol–water partition coefficient (Wildman–Crippen LogP) is 3.52. The molecule has 2 heterocycles. The van der Waals surface area contributed by atoms with Crippen molar-refractivity contribution in [2.24, 2.45) is 0 Å². The van der Waals surface area contributed by atoms with Crippen LogP contribution in [0.3, 0.4) is 0 Å². The Balaban J connectivity index is 1.45. The van der Waals surface area contributed by atoms with Gasteiger partial charge in [-0.2, -0.15) is 18.2 Å². The van der Waals surface area contributed by atoms with E-state index in [0.29, 0.717) is 22.6 Å². The molecule has 0 bridgehead atoms. The van der Waals surface area contributed by atoms with Crippen LogP contribution in [0.25, 0.3) is 0 Å². The first-order valence-corrected chi connectivity index (χ1v) is 16.6. The smallest absolute Gasteiger partial charge is 0.471 e. The normalized spacial score (nSPS) is 18.6. The van der Waals surface area contributed by atoms with E-state index in [2.05, 4.69) is 10.3 Å². The van der Waals surface area contributed by atoms with Gasteiger partial charge in [0, 0.05) is 19.7 Å². The molecule has 5 rings (SSSR count). The molecule has 0 radical (unpaired) electrons. The van der Waals surface area contributed by atoms with Gasteiger partial charge in [-0.25, -0.2) is 4.79 Å². The summed E-state index contributed by atoms with van der Waals surface area (Å²) in [6.45, 7) is -0.410. The van der Waals surface area contributed by atoms with Crippen LogP contribution >= 0.6 is 0 Å². The SMILES string of the molecule is COc1ccc(C(OC[C@H]2O[C@@H](n3ccc(NC(C)=O)nc3=O)[C@H](OCOCCNC(=O)C(F)(F)F)[C@@H]2O)(c2ccccc2)c2ccc(OC)cc2)cc1. The van der Waals surface area contributed by atoms with E-state index in [0.717, 1.165) is 10.1 Å². The van der Waals surface area contributed by atoms with Crippen molar-refractivity contribution in [3.63, 3.8) is 0 Å². The van der Waals surface area contributed by atoms with Gasteiger partial charge in [0.25, 0.3) is 0 Å². The summed E-state index contributed by atoms with van der Waals surface area (Å²) < 4.78 is 73.7. The third-order valence-corrected chi connectivity index (χ3v) is 8.49. The number of aliphatic hydroxyl groups excluding tert-OH is 1. The minimum Gasteiger partial charge on any atom is -0.497 e. The molecule has 3 aromatic carbocycles. The maximum Gasteiger partial charge on any atom is 0.471 e. The third kappa shape index (κ3) is 9.23. The van der Waals surface area contributed by atoms with E-state index in [9.17, 15) is 32.7 Å². The van der Waals surface area contributed by atoms with Crippen molar-refractivity contribution >= 4 is 17.6 Å². The molecule has 54 heavy (non-hydrogen) atoms. The number of ether oxygens (including phenoxy) is 6. The van der Waals surface area contributed by atoms with Crippen LogP contribution in [0.1, 0.15) is 29.8 Å². The summed E-state index contributed by atoms with van der Waals surface area (Å²) in [7, 11) is 3.11. The Hall–Kier alpha value is -5.33. The van der Waals surface area contributed by atoms with Crippen molar-refractivity contribution in [1.82, 2.24) is 14.9 Å². The van der Waals surface area contributed by atoms with Gasteiger partial charge in [-0.15, -0.1) is 0 Å². The Labute approximate surface area is 307 Å². The van der Waals surface area contributed by atoms with E-state index < -0.39 is 67.2 Å². The van der Waals surface area contributed by atoms with Crippen LogP contribution in [0.4, 0.5) is 19.0 Å². The van der Waals surface area contributed by atoms with E-state index in [-0.39, 0.29) is 19.0 Å². The van der Waals surface area contributed by atoms with Crippen LogP contribution in [-0.4, -0.2) is 91.7 Å². The molecule has 0 spiro atoms. The lowest BCUT2D eigenvalue weighted by molar-refractivity contribution is -0.174. The number of benzene rings is 3. The lowest BCUT2D eigenvalue weighted by Crippen LogP contribution is -2.41. The third-order valence-electron chi connectivity index (χ3n) is 8.49. The van der Waals surface area contributed by atoms with E-state index in [1.165, 1.54) is 19.2 Å². The van der Waals surface area contributed by atoms with Crippen LogP contribution in [-0.2, 0) is 34.1 Å². The van der Waals surface area contributed by atoms with E-state index in [1.807, 2.05) is 54.6 Å². The second-order valence-electron chi connectivity index (χ2n) is 12.0. The largest absolute Gasteiger partial charge is 0.497 e. The average molecular weight is 757 g/mol. The van der Waals surface area contributed by atoms with Crippen molar-refractivity contribution in [3.05, 3.63) is 118 Å². The van der Waals surface area contributed by atoms with Crippen molar-refractivity contribution in [2.75, 3.05) is 46.1 Å². The van der Waals surface area contributed by atoms with Crippen molar-refractivity contribution in [1.29, 1.82) is 0 Å². The van der Waals surface area contributed by atoms with Crippen LogP contribution in [0.2, 0.25) is 0 Å². The Morgan fingerprint density at radius 3 is 2.04 bits per heavy atom. The minimum absolute atomic E-state index is 0.0180. The molecule has 1 aromatic heterocycles. The topological polar surface area (TPSA) is 169 Å². The highest BCUT2D eigenvalue weighted by Crippen LogP contribution is 2.43. The van der Waals surface area contributed by atoms with E-state index in [1.54, 1.807) is 43.8 Å². The summed E-state index contributed by atoms with van der Waals surface area (Å²) in [5.74, 6) is -1.37. The van der Waals surface area contributed by atoms with Crippen molar-refractivity contribution in [3.8, 4) is 11.5 Å². The Morgan fingerprint density at radius 2 is 1.50 bits per heavy atom. The number of nitrogens with zero attached hydrogens (tertiary/aromatic N) is 2. The molecule has 1 saturated heterocycles. The summed E-state index contributed by atoms with van der Waals surface area (Å²) in [6, 6.07) is 25.3. The summed E-state index contributed by atoms with van der Waals surface area (Å²) in [5.41, 5.74) is 0.00400. The van der Waals surface area contributed by atoms with Crippen molar-refractivity contribution in [2.45, 2.75) is 43.2 Å². The van der Waals surface area contributed by atoms with Gasteiger partial charge in [-0.3, -0.25) is 14.2 Å². The van der Waals surface area contributed by atoms with Gasteiger partial charge >= 0.3 is 17.8 Å². The molecule has 1 aliphatic heterocycles. The molecule has 2 amide bonds. The first-order valence-electron chi connectivity index (χ1n) is 16.6. The number of anilines is 1. The number of amides is 2. The first-order chi connectivity index (χ1) is 25.9. The van der Waals surface area contributed by atoms with Crippen LogP contribution < -0.4 is 25.8 Å². The molecule has 17 heteroatoms. The summed E-state index contributed by atoms with van der Waals surface area (Å²) in [4.78, 5) is 39.7. The Kier molecular flexibility index (Phi) is 13.0. The molecule has 288 valence electrons. The number of aromatic nitrogens is 2. The molecule has 0 aliphatic carbocycles. The fourth-order valence-corrected chi connectivity index (χ4v) is 5.92. The summed E-state index contributed by atoms with van der Waals surface area (Å²) in [6.07, 6.45) is -8.93. The number of methoxy groups -OCH3 is 2. The second kappa shape index (κ2) is 17.7. The van der Waals surface area contributed by atoms with E-state index >= 15 is 0 Å². The van der Waals surface area contributed by atoms with Gasteiger partial charge in [0.15, 0.2) is 6.23 Å². The number of hydrogen-bond acceptors (Lipinski definition) is 11. The zero-order valence-corrected chi connectivity index (χ0v) is 29.4. The lowest BCUT2D eigenvalue weighted by Gasteiger charge is -2.37. The number of rotatable bonds is 16. The highest BCUT2D eigenvalue weighted by Gasteiger charge is 2.48. The number of carbonyl (C=O) groups is 2. The van der Waals surface area contributed by atoms with Crippen LogP contribution in [0.5, 0.6) is 11.5 Å². The summed E-state index contributed by atoms with van der Waals surface area (Å²) in [5, 5.41) is 15.8. The van der Waals surface area contributed by atoms with Gasteiger partial charge < -0.3 is 44.2 Å².